The molecule has 50 valence electrons. The Morgan fingerprint density at radius 1 is 1.78 bits per heavy atom. The molecule has 1 N–H and O–H groups in total. The van der Waals surface area contributed by atoms with Gasteiger partial charge >= 0.3 is 64.7 Å². The Labute approximate surface area is 65.0 Å². The van der Waals surface area contributed by atoms with Gasteiger partial charge in [0.25, 0.3) is 0 Å². The Morgan fingerprint density at radius 3 is 2.67 bits per heavy atom. The van der Waals surface area contributed by atoms with Crippen LogP contribution < -0.4 is 0 Å². The van der Waals surface area contributed by atoms with E-state index in [1.807, 2.05) is 6.92 Å². The number of aliphatic hydroxyl groups excluding tert-OH is 1. The van der Waals surface area contributed by atoms with Crippen LogP contribution in [0, 0.1) is 6.92 Å². The molecule has 0 radical (unpaired) electrons. The average molecular weight is 210 g/mol. The molecule has 0 aliphatic heterocycles. The molecule has 3 heteroatoms. The standard InChI is InChI=1S/C6H7ClOSe/c1-4-3-9-5(2-8)6(4)7/h3,8H,2H2,1H3. The van der Waals surface area contributed by atoms with Crippen molar-refractivity contribution in [3.63, 3.8) is 0 Å². The van der Waals surface area contributed by atoms with Crippen LogP contribution in [0.25, 0.3) is 0 Å². The van der Waals surface area contributed by atoms with Gasteiger partial charge in [0.15, 0.2) is 0 Å². The molecule has 0 saturated heterocycles. The van der Waals surface area contributed by atoms with Crippen LogP contribution in [-0.4, -0.2) is 19.6 Å². The van der Waals surface area contributed by atoms with Crippen LogP contribution >= 0.6 is 11.6 Å². The summed E-state index contributed by atoms with van der Waals surface area (Å²) >= 11 is 6.11. The van der Waals surface area contributed by atoms with Crippen LogP contribution in [0.2, 0.25) is 5.02 Å². The topological polar surface area (TPSA) is 20.2 Å². The molecule has 0 aromatic carbocycles. The minimum atomic E-state index is 0.118. The summed E-state index contributed by atoms with van der Waals surface area (Å²) in [6, 6.07) is 0. The van der Waals surface area contributed by atoms with Crippen molar-refractivity contribution in [2.45, 2.75) is 13.5 Å². The Morgan fingerprint density at radius 2 is 2.44 bits per heavy atom. The number of aliphatic hydroxyl groups is 1. The maximum atomic E-state index is 8.69. The molecule has 0 atom stereocenters. The molecule has 0 unspecified atom stereocenters. The van der Waals surface area contributed by atoms with Crippen molar-refractivity contribution in [1.82, 2.24) is 0 Å². The van der Waals surface area contributed by atoms with E-state index in [4.69, 9.17) is 16.7 Å². The number of hydrogen-bond acceptors (Lipinski definition) is 1. The molecule has 0 bridgehead atoms. The van der Waals surface area contributed by atoms with E-state index >= 15 is 0 Å². The number of rotatable bonds is 1. The van der Waals surface area contributed by atoms with Crippen LogP contribution in [-0.2, 0) is 6.61 Å². The molecule has 1 aromatic heterocycles. The first-order valence-corrected chi connectivity index (χ1v) is 4.81. The molecule has 1 heterocycles. The van der Waals surface area contributed by atoms with Crippen molar-refractivity contribution in [1.29, 1.82) is 0 Å². The fourth-order valence-electron chi connectivity index (χ4n) is 0.590. The minimum absolute atomic E-state index is 0.118. The first kappa shape index (κ1) is 7.36. The van der Waals surface area contributed by atoms with E-state index in [0.717, 1.165) is 15.0 Å². The van der Waals surface area contributed by atoms with E-state index in [-0.39, 0.29) is 6.61 Å². The molecular weight excluding hydrogens is 202 g/mol. The molecule has 0 fully saturated rings. The third-order valence-electron chi connectivity index (χ3n) is 1.11. The van der Waals surface area contributed by atoms with Crippen LogP contribution in [0.4, 0.5) is 0 Å². The van der Waals surface area contributed by atoms with E-state index in [1.54, 1.807) is 0 Å². The van der Waals surface area contributed by atoms with Crippen molar-refractivity contribution in [2.75, 3.05) is 0 Å². The SMILES string of the molecule is Cc1c[se]c(CO)c1Cl. The normalized spacial score (nSPS) is 10.1. The van der Waals surface area contributed by atoms with Gasteiger partial charge in [-0.15, -0.1) is 0 Å². The fourth-order valence-corrected chi connectivity index (χ4v) is 2.71. The van der Waals surface area contributed by atoms with E-state index in [1.165, 1.54) is 0 Å². The van der Waals surface area contributed by atoms with Gasteiger partial charge in [-0.1, -0.05) is 0 Å². The molecule has 0 aliphatic rings. The molecule has 1 nitrogen and oxygen atoms in total. The number of hydrogen-bond donors (Lipinski definition) is 1. The van der Waals surface area contributed by atoms with Crippen LogP contribution in [0.1, 0.15) is 10.0 Å². The van der Waals surface area contributed by atoms with E-state index in [0.29, 0.717) is 14.5 Å². The second kappa shape index (κ2) is 2.89. The van der Waals surface area contributed by atoms with E-state index < -0.39 is 0 Å². The molecule has 0 amide bonds. The summed E-state index contributed by atoms with van der Waals surface area (Å²) in [7, 11) is 0. The monoisotopic (exact) mass is 210 g/mol. The van der Waals surface area contributed by atoms with Gasteiger partial charge in [-0.25, -0.2) is 0 Å². The maximum absolute atomic E-state index is 8.69. The Bertz CT molecular complexity index is 207. The Hall–Kier alpha value is 0.249. The van der Waals surface area contributed by atoms with Crippen molar-refractivity contribution in [2.24, 2.45) is 0 Å². The molecular formula is C6H7ClOSe. The molecule has 0 saturated carbocycles. The molecule has 0 aliphatic carbocycles. The number of halogens is 1. The zero-order valence-corrected chi connectivity index (χ0v) is 7.49. The third kappa shape index (κ3) is 1.39. The van der Waals surface area contributed by atoms with Crippen LogP contribution in [0.5, 0.6) is 0 Å². The second-order valence-electron chi connectivity index (χ2n) is 1.81. The first-order valence-electron chi connectivity index (χ1n) is 2.59. The zero-order valence-electron chi connectivity index (χ0n) is 5.02. The molecule has 1 aromatic rings. The fraction of sp³-hybridized carbons (Fsp3) is 0.333. The Kier molecular flexibility index (Phi) is 2.36. The summed E-state index contributed by atoms with van der Waals surface area (Å²) in [4.78, 5) is 2.08. The molecule has 1 rings (SSSR count). The summed E-state index contributed by atoms with van der Waals surface area (Å²) < 4.78 is 1.00. The first-order chi connectivity index (χ1) is 4.25. The van der Waals surface area contributed by atoms with Gasteiger partial charge in [-0.05, 0) is 0 Å². The molecule has 9 heavy (non-hydrogen) atoms. The summed E-state index contributed by atoms with van der Waals surface area (Å²) in [6.45, 7) is 2.08. The number of aryl methyl sites for hydroxylation is 1. The van der Waals surface area contributed by atoms with Gasteiger partial charge in [0.1, 0.15) is 0 Å². The third-order valence-corrected chi connectivity index (χ3v) is 4.18. The van der Waals surface area contributed by atoms with Crippen molar-refractivity contribution < 1.29 is 5.11 Å². The van der Waals surface area contributed by atoms with Crippen molar-refractivity contribution >= 4 is 26.1 Å². The van der Waals surface area contributed by atoms with Gasteiger partial charge in [-0.2, -0.15) is 0 Å². The van der Waals surface area contributed by atoms with Gasteiger partial charge in [-0.3, -0.25) is 0 Å². The summed E-state index contributed by atoms with van der Waals surface area (Å²) in [6.07, 6.45) is 0. The zero-order chi connectivity index (χ0) is 6.85. The average Bonchev–Trinajstić information content (AvgIpc) is 2.15. The van der Waals surface area contributed by atoms with Gasteiger partial charge in [0, 0.05) is 0 Å². The summed E-state index contributed by atoms with van der Waals surface area (Å²) in [5, 5.41) is 9.47. The van der Waals surface area contributed by atoms with Crippen molar-refractivity contribution in [3.8, 4) is 0 Å². The Balaban J connectivity index is 3.04. The van der Waals surface area contributed by atoms with Gasteiger partial charge in [0.2, 0.25) is 0 Å². The van der Waals surface area contributed by atoms with Crippen LogP contribution in [0.15, 0.2) is 4.94 Å². The molecule has 0 spiro atoms. The van der Waals surface area contributed by atoms with Crippen LogP contribution in [0.3, 0.4) is 0 Å². The van der Waals surface area contributed by atoms with E-state index in [9.17, 15) is 0 Å². The quantitative estimate of drug-likeness (QED) is 0.689. The van der Waals surface area contributed by atoms with E-state index in [2.05, 4.69) is 4.94 Å². The summed E-state index contributed by atoms with van der Waals surface area (Å²) in [5.74, 6) is 0. The predicted molar refractivity (Wildman–Crippen MR) is 39.1 cm³/mol. The predicted octanol–water partition coefficient (Wildman–Crippen LogP) is 1.20. The van der Waals surface area contributed by atoms with Crippen molar-refractivity contribution in [3.05, 3.63) is 20.0 Å². The van der Waals surface area contributed by atoms with Gasteiger partial charge < -0.3 is 0 Å². The second-order valence-corrected chi connectivity index (χ2v) is 4.21. The van der Waals surface area contributed by atoms with Gasteiger partial charge in [0.05, 0.1) is 0 Å². The summed E-state index contributed by atoms with van der Waals surface area (Å²) in [5.41, 5.74) is 1.11.